The SMILES string of the molecule is O=C(O)c1cc(S(=O)(=O)Nc2cccc(I)c2)ccc1Br. The summed E-state index contributed by atoms with van der Waals surface area (Å²) in [5, 5.41) is 9.04. The van der Waals surface area contributed by atoms with Crippen molar-refractivity contribution in [2.24, 2.45) is 0 Å². The van der Waals surface area contributed by atoms with E-state index in [0.717, 1.165) is 9.64 Å². The zero-order chi connectivity index (χ0) is 15.6. The second-order valence-corrected chi connectivity index (χ2v) is 7.85. The molecule has 2 N–H and O–H groups in total. The molecule has 8 heteroatoms. The third-order valence-electron chi connectivity index (χ3n) is 2.56. The van der Waals surface area contributed by atoms with Crippen molar-refractivity contribution >= 4 is 60.2 Å². The number of carboxylic acids is 1. The summed E-state index contributed by atoms with van der Waals surface area (Å²) < 4.78 is 28.2. The van der Waals surface area contributed by atoms with Crippen molar-refractivity contribution in [1.82, 2.24) is 0 Å². The molecule has 0 saturated carbocycles. The Kier molecular flexibility index (Phi) is 4.89. The molecule has 0 bridgehead atoms. The van der Waals surface area contributed by atoms with Crippen molar-refractivity contribution in [1.29, 1.82) is 0 Å². The van der Waals surface area contributed by atoms with Gasteiger partial charge in [0.15, 0.2) is 0 Å². The highest BCUT2D eigenvalue weighted by Crippen LogP contribution is 2.23. The van der Waals surface area contributed by atoms with Crippen LogP contribution in [-0.4, -0.2) is 19.5 Å². The molecule has 5 nitrogen and oxygen atoms in total. The standard InChI is InChI=1S/C13H9BrINO4S/c14-12-5-4-10(7-11(12)13(17)18)21(19,20)16-9-3-1-2-8(15)6-9/h1-7,16H,(H,17,18). The van der Waals surface area contributed by atoms with Gasteiger partial charge in [0, 0.05) is 13.7 Å². The van der Waals surface area contributed by atoms with Gasteiger partial charge in [0.05, 0.1) is 10.5 Å². The van der Waals surface area contributed by atoms with Crippen LogP contribution in [0.15, 0.2) is 51.8 Å². The lowest BCUT2D eigenvalue weighted by Gasteiger charge is -2.09. The van der Waals surface area contributed by atoms with Crippen molar-refractivity contribution in [3.05, 3.63) is 56.1 Å². The Hall–Kier alpha value is -1.13. The maximum atomic E-state index is 12.3. The van der Waals surface area contributed by atoms with Crippen molar-refractivity contribution in [3.8, 4) is 0 Å². The fourth-order valence-corrected chi connectivity index (χ4v) is 3.64. The fraction of sp³-hybridized carbons (Fsp3) is 0. The Labute approximate surface area is 143 Å². The zero-order valence-electron chi connectivity index (χ0n) is 10.4. The summed E-state index contributed by atoms with van der Waals surface area (Å²) in [7, 11) is -3.84. The average molecular weight is 482 g/mol. The quantitative estimate of drug-likeness (QED) is 0.654. The molecule has 0 aromatic heterocycles. The van der Waals surface area contributed by atoms with Crippen molar-refractivity contribution < 1.29 is 18.3 Å². The van der Waals surface area contributed by atoms with Gasteiger partial charge >= 0.3 is 5.97 Å². The number of aromatic carboxylic acids is 1. The first-order valence-corrected chi connectivity index (χ1v) is 8.96. The molecule has 21 heavy (non-hydrogen) atoms. The van der Waals surface area contributed by atoms with Gasteiger partial charge in [-0.15, -0.1) is 0 Å². The Morgan fingerprint density at radius 1 is 1.19 bits per heavy atom. The number of carbonyl (C=O) groups is 1. The molecule has 0 spiro atoms. The molecule has 0 fully saturated rings. The lowest BCUT2D eigenvalue weighted by Crippen LogP contribution is -2.14. The summed E-state index contributed by atoms with van der Waals surface area (Å²) in [5.41, 5.74) is 0.308. The predicted octanol–water partition coefficient (Wildman–Crippen LogP) is 3.55. The molecule has 0 saturated heterocycles. The summed E-state index contributed by atoms with van der Waals surface area (Å²) >= 11 is 5.15. The Bertz CT molecular complexity index is 808. The van der Waals surface area contributed by atoms with E-state index in [1.54, 1.807) is 18.2 Å². The van der Waals surface area contributed by atoms with Crippen LogP contribution in [0.2, 0.25) is 0 Å². The minimum Gasteiger partial charge on any atom is -0.478 e. The largest absolute Gasteiger partial charge is 0.478 e. The molecule has 2 aromatic carbocycles. The van der Waals surface area contributed by atoms with Crippen LogP contribution in [0.4, 0.5) is 5.69 Å². The minimum atomic E-state index is -3.84. The molecule has 110 valence electrons. The lowest BCUT2D eigenvalue weighted by molar-refractivity contribution is 0.0695. The van der Waals surface area contributed by atoms with E-state index in [4.69, 9.17) is 5.11 Å². The number of halogens is 2. The molecule has 0 unspecified atom stereocenters. The fourth-order valence-electron chi connectivity index (χ4n) is 1.60. The summed E-state index contributed by atoms with van der Waals surface area (Å²) in [6, 6.07) is 10.7. The minimum absolute atomic E-state index is 0.109. The third-order valence-corrected chi connectivity index (χ3v) is 5.30. The van der Waals surface area contributed by atoms with Crippen LogP contribution in [0.5, 0.6) is 0 Å². The molecule has 0 aliphatic carbocycles. The predicted molar refractivity (Wildman–Crippen MR) is 91.1 cm³/mol. The molecule has 2 aromatic rings. The number of rotatable bonds is 4. The van der Waals surface area contributed by atoms with Gasteiger partial charge in [-0.2, -0.15) is 0 Å². The van der Waals surface area contributed by atoms with E-state index >= 15 is 0 Å². The smallest absolute Gasteiger partial charge is 0.336 e. The molecule has 0 aliphatic rings. The number of sulfonamides is 1. The maximum absolute atomic E-state index is 12.3. The Balaban J connectivity index is 2.40. The van der Waals surface area contributed by atoms with Crippen molar-refractivity contribution in [2.75, 3.05) is 4.72 Å². The molecule has 0 heterocycles. The maximum Gasteiger partial charge on any atom is 0.336 e. The van der Waals surface area contributed by atoms with Gasteiger partial charge in [0.1, 0.15) is 0 Å². The van der Waals surface area contributed by atoms with Crippen LogP contribution in [0.1, 0.15) is 10.4 Å². The number of benzene rings is 2. The van der Waals surface area contributed by atoms with Crippen LogP contribution in [-0.2, 0) is 10.0 Å². The van der Waals surface area contributed by atoms with Crippen LogP contribution < -0.4 is 4.72 Å². The van der Waals surface area contributed by atoms with Crippen molar-refractivity contribution in [2.45, 2.75) is 4.90 Å². The molecule has 0 radical (unpaired) electrons. The molecule has 0 amide bonds. The third kappa shape index (κ3) is 3.95. The molecular formula is C13H9BrINO4S. The highest BCUT2D eigenvalue weighted by molar-refractivity contribution is 14.1. The number of hydrogen-bond donors (Lipinski definition) is 2. The second kappa shape index (κ2) is 6.32. The number of nitrogens with one attached hydrogen (secondary N) is 1. The summed E-state index contributed by atoms with van der Waals surface area (Å²) in [5.74, 6) is -1.20. The van der Waals surface area contributed by atoms with Gasteiger partial charge in [0.2, 0.25) is 0 Å². The van der Waals surface area contributed by atoms with Gasteiger partial charge in [-0.3, -0.25) is 4.72 Å². The number of anilines is 1. The van der Waals surface area contributed by atoms with Gasteiger partial charge in [0.25, 0.3) is 10.0 Å². The number of carboxylic acid groups (broad SMARTS) is 1. The average Bonchev–Trinajstić information content (AvgIpc) is 2.38. The van der Waals surface area contributed by atoms with Crippen LogP contribution in [0.25, 0.3) is 0 Å². The highest BCUT2D eigenvalue weighted by Gasteiger charge is 2.18. The summed E-state index contributed by atoms with van der Waals surface area (Å²) in [6.45, 7) is 0. The number of hydrogen-bond acceptors (Lipinski definition) is 3. The van der Waals surface area contributed by atoms with Crippen LogP contribution >= 0.6 is 38.5 Å². The Morgan fingerprint density at radius 3 is 2.52 bits per heavy atom. The molecule has 2 rings (SSSR count). The van der Waals surface area contributed by atoms with Gasteiger partial charge in [-0.05, 0) is 74.9 Å². The Morgan fingerprint density at radius 2 is 1.90 bits per heavy atom. The first-order valence-electron chi connectivity index (χ1n) is 5.61. The van der Waals surface area contributed by atoms with E-state index in [2.05, 4.69) is 43.2 Å². The molecule has 0 aliphatic heterocycles. The molecule has 0 atom stereocenters. The zero-order valence-corrected chi connectivity index (χ0v) is 14.9. The summed E-state index contributed by atoms with van der Waals surface area (Å²) in [6.07, 6.45) is 0. The topological polar surface area (TPSA) is 83.5 Å². The monoisotopic (exact) mass is 481 g/mol. The van der Waals surface area contributed by atoms with E-state index in [-0.39, 0.29) is 10.5 Å². The van der Waals surface area contributed by atoms with Crippen LogP contribution in [0, 0.1) is 3.57 Å². The first kappa shape index (κ1) is 16.2. The van der Waals surface area contributed by atoms with Gasteiger partial charge in [-0.25, -0.2) is 13.2 Å². The van der Waals surface area contributed by atoms with E-state index in [1.165, 1.54) is 12.1 Å². The van der Waals surface area contributed by atoms with Gasteiger partial charge in [-0.1, -0.05) is 6.07 Å². The first-order chi connectivity index (χ1) is 9.79. The van der Waals surface area contributed by atoms with E-state index < -0.39 is 16.0 Å². The second-order valence-electron chi connectivity index (χ2n) is 4.06. The highest BCUT2D eigenvalue weighted by atomic mass is 127. The van der Waals surface area contributed by atoms with Crippen molar-refractivity contribution in [3.63, 3.8) is 0 Å². The summed E-state index contributed by atoms with van der Waals surface area (Å²) in [4.78, 5) is 10.9. The van der Waals surface area contributed by atoms with Crippen LogP contribution in [0.3, 0.4) is 0 Å². The van der Waals surface area contributed by atoms with Gasteiger partial charge < -0.3 is 5.11 Å². The van der Waals surface area contributed by atoms with E-state index in [0.29, 0.717) is 10.2 Å². The normalized spacial score (nSPS) is 11.1. The van der Waals surface area contributed by atoms with E-state index in [1.807, 2.05) is 6.07 Å². The van der Waals surface area contributed by atoms with E-state index in [9.17, 15) is 13.2 Å². The lowest BCUT2D eigenvalue weighted by atomic mass is 10.2. The molecular weight excluding hydrogens is 473 g/mol.